The standard InChI is InChI=1S/C17H19ClN2O/c1-12(2)7-8-20-17(21)14-9-13(10-19-11-14)15-5-3-4-6-16(15)18/h3-6,9-12H,7-8H2,1-2H3,(H,20,21). The molecule has 1 amide bonds. The number of benzene rings is 1. The quantitative estimate of drug-likeness (QED) is 0.900. The van der Waals surface area contributed by atoms with Crippen molar-refractivity contribution in [3.8, 4) is 11.1 Å². The highest BCUT2D eigenvalue weighted by Crippen LogP contribution is 2.27. The van der Waals surface area contributed by atoms with E-state index in [-0.39, 0.29) is 5.91 Å². The predicted octanol–water partition coefficient (Wildman–Crippen LogP) is 4.18. The normalized spacial score (nSPS) is 10.7. The molecule has 0 fully saturated rings. The average molecular weight is 303 g/mol. The maximum atomic E-state index is 12.1. The summed E-state index contributed by atoms with van der Waals surface area (Å²) < 4.78 is 0. The monoisotopic (exact) mass is 302 g/mol. The second-order valence-electron chi connectivity index (χ2n) is 5.38. The number of hydrogen-bond donors (Lipinski definition) is 1. The molecule has 1 aromatic heterocycles. The molecule has 2 aromatic rings. The van der Waals surface area contributed by atoms with Crippen LogP contribution in [0.1, 0.15) is 30.6 Å². The molecule has 2 rings (SSSR count). The van der Waals surface area contributed by atoms with Crippen molar-refractivity contribution in [2.45, 2.75) is 20.3 Å². The lowest BCUT2D eigenvalue weighted by Crippen LogP contribution is -2.25. The summed E-state index contributed by atoms with van der Waals surface area (Å²) in [5, 5.41) is 3.56. The summed E-state index contributed by atoms with van der Waals surface area (Å²) in [6, 6.07) is 9.35. The van der Waals surface area contributed by atoms with Crippen LogP contribution in [0.4, 0.5) is 0 Å². The molecule has 0 radical (unpaired) electrons. The molecule has 0 unspecified atom stereocenters. The summed E-state index contributed by atoms with van der Waals surface area (Å²) in [5.74, 6) is 0.468. The fourth-order valence-electron chi connectivity index (χ4n) is 1.98. The van der Waals surface area contributed by atoms with E-state index < -0.39 is 0 Å². The molecule has 0 aliphatic heterocycles. The third-order valence-electron chi connectivity index (χ3n) is 3.19. The molecule has 1 aromatic carbocycles. The Bertz CT molecular complexity index is 626. The largest absolute Gasteiger partial charge is 0.352 e. The van der Waals surface area contributed by atoms with Crippen molar-refractivity contribution < 1.29 is 4.79 Å². The van der Waals surface area contributed by atoms with Gasteiger partial charge in [-0.05, 0) is 24.5 Å². The minimum absolute atomic E-state index is 0.1000. The third kappa shape index (κ3) is 4.30. The molecule has 0 aliphatic carbocycles. The minimum atomic E-state index is -0.1000. The minimum Gasteiger partial charge on any atom is -0.352 e. The summed E-state index contributed by atoms with van der Waals surface area (Å²) in [6.45, 7) is 4.93. The zero-order valence-electron chi connectivity index (χ0n) is 12.3. The number of pyridine rings is 1. The Labute approximate surface area is 130 Å². The molecule has 0 saturated heterocycles. The van der Waals surface area contributed by atoms with Crippen LogP contribution in [0.15, 0.2) is 42.7 Å². The Kier molecular flexibility index (Phi) is 5.34. The maximum absolute atomic E-state index is 12.1. The van der Waals surface area contributed by atoms with Gasteiger partial charge in [-0.25, -0.2) is 0 Å². The second-order valence-corrected chi connectivity index (χ2v) is 5.79. The van der Waals surface area contributed by atoms with Crippen molar-refractivity contribution in [2.24, 2.45) is 5.92 Å². The molecule has 21 heavy (non-hydrogen) atoms. The first-order valence-electron chi connectivity index (χ1n) is 7.06. The smallest absolute Gasteiger partial charge is 0.252 e. The van der Waals surface area contributed by atoms with Gasteiger partial charge in [0.1, 0.15) is 0 Å². The van der Waals surface area contributed by atoms with Crippen molar-refractivity contribution in [1.82, 2.24) is 10.3 Å². The van der Waals surface area contributed by atoms with Gasteiger partial charge in [0.2, 0.25) is 0 Å². The third-order valence-corrected chi connectivity index (χ3v) is 3.52. The van der Waals surface area contributed by atoms with Crippen LogP contribution in [0.5, 0.6) is 0 Å². The summed E-state index contributed by atoms with van der Waals surface area (Å²) in [6.07, 6.45) is 4.25. The Morgan fingerprint density at radius 1 is 1.29 bits per heavy atom. The first kappa shape index (κ1) is 15.5. The van der Waals surface area contributed by atoms with Crippen LogP contribution in [0.2, 0.25) is 5.02 Å². The summed E-state index contributed by atoms with van der Waals surface area (Å²) in [4.78, 5) is 16.3. The van der Waals surface area contributed by atoms with Crippen molar-refractivity contribution in [3.05, 3.63) is 53.3 Å². The van der Waals surface area contributed by atoms with Crippen LogP contribution >= 0.6 is 11.6 Å². The van der Waals surface area contributed by atoms with Gasteiger partial charge < -0.3 is 5.32 Å². The number of nitrogens with zero attached hydrogens (tertiary/aromatic N) is 1. The summed E-state index contributed by atoms with van der Waals surface area (Å²) in [5.41, 5.74) is 2.27. The predicted molar refractivity (Wildman–Crippen MR) is 86.5 cm³/mol. The molecule has 1 heterocycles. The maximum Gasteiger partial charge on any atom is 0.252 e. The van der Waals surface area contributed by atoms with Gasteiger partial charge in [-0.1, -0.05) is 43.6 Å². The molecule has 0 atom stereocenters. The Hall–Kier alpha value is -1.87. The number of nitrogens with one attached hydrogen (secondary N) is 1. The molecule has 1 N–H and O–H groups in total. The van der Waals surface area contributed by atoms with Crippen LogP contribution in [0, 0.1) is 5.92 Å². The Balaban J connectivity index is 2.14. The van der Waals surface area contributed by atoms with E-state index in [0.29, 0.717) is 23.0 Å². The van der Waals surface area contributed by atoms with Gasteiger partial charge in [0.15, 0.2) is 0 Å². The number of aromatic nitrogens is 1. The highest BCUT2D eigenvalue weighted by molar-refractivity contribution is 6.33. The van der Waals surface area contributed by atoms with Crippen LogP contribution in [-0.4, -0.2) is 17.4 Å². The molecule has 0 aliphatic rings. The molecule has 110 valence electrons. The zero-order valence-corrected chi connectivity index (χ0v) is 13.0. The molecule has 4 heteroatoms. The number of carbonyl (C=O) groups excluding carboxylic acids is 1. The zero-order chi connectivity index (χ0) is 15.2. The van der Waals surface area contributed by atoms with Crippen LogP contribution in [0.3, 0.4) is 0 Å². The average Bonchev–Trinajstić information content (AvgIpc) is 2.47. The summed E-state index contributed by atoms with van der Waals surface area (Å²) >= 11 is 6.18. The van der Waals surface area contributed by atoms with E-state index in [1.807, 2.05) is 30.3 Å². The lowest BCUT2D eigenvalue weighted by molar-refractivity contribution is 0.0951. The number of carbonyl (C=O) groups is 1. The van der Waals surface area contributed by atoms with E-state index in [4.69, 9.17) is 11.6 Å². The van der Waals surface area contributed by atoms with E-state index in [2.05, 4.69) is 24.1 Å². The van der Waals surface area contributed by atoms with E-state index >= 15 is 0 Å². The van der Waals surface area contributed by atoms with Gasteiger partial charge in [-0.15, -0.1) is 0 Å². The van der Waals surface area contributed by atoms with Gasteiger partial charge in [0.05, 0.1) is 5.56 Å². The van der Waals surface area contributed by atoms with Crippen molar-refractivity contribution in [2.75, 3.05) is 6.54 Å². The topological polar surface area (TPSA) is 42.0 Å². The lowest BCUT2D eigenvalue weighted by atomic mass is 10.1. The first-order chi connectivity index (χ1) is 10.1. The van der Waals surface area contributed by atoms with Gasteiger partial charge >= 0.3 is 0 Å². The van der Waals surface area contributed by atoms with E-state index in [0.717, 1.165) is 17.5 Å². The van der Waals surface area contributed by atoms with Crippen LogP contribution < -0.4 is 5.32 Å². The molecule has 0 spiro atoms. The fourth-order valence-corrected chi connectivity index (χ4v) is 2.23. The fraction of sp³-hybridized carbons (Fsp3) is 0.294. The van der Waals surface area contributed by atoms with Crippen LogP contribution in [0.25, 0.3) is 11.1 Å². The lowest BCUT2D eigenvalue weighted by Gasteiger charge is -2.09. The van der Waals surface area contributed by atoms with E-state index in [9.17, 15) is 4.79 Å². The molecule has 0 saturated carbocycles. The van der Waals surface area contributed by atoms with Crippen molar-refractivity contribution >= 4 is 17.5 Å². The Morgan fingerprint density at radius 2 is 2.05 bits per heavy atom. The second kappa shape index (κ2) is 7.23. The summed E-state index contributed by atoms with van der Waals surface area (Å²) in [7, 11) is 0. The highest BCUT2D eigenvalue weighted by Gasteiger charge is 2.09. The molecular weight excluding hydrogens is 284 g/mol. The van der Waals surface area contributed by atoms with Crippen LogP contribution in [-0.2, 0) is 0 Å². The van der Waals surface area contributed by atoms with Gasteiger partial charge in [-0.3, -0.25) is 9.78 Å². The molecule has 0 bridgehead atoms. The Morgan fingerprint density at radius 3 is 2.76 bits per heavy atom. The number of halogens is 1. The van der Waals surface area contributed by atoms with Crippen molar-refractivity contribution in [3.63, 3.8) is 0 Å². The van der Waals surface area contributed by atoms with E-state index in [1.165, 1.54) is 0 Å². The van der Waals surface area contributed by atoms with E-state index in [1.54, 1.807) is 12.4 Å². The highest BCUT2D eigenvalue weighted by atomic mass is 35.5. The SMILES string of the molecule is CC(C)CCNC(=O)c1cncc(-c2ccccc2Cl)c1. The number of rotatable bonds is 5. The molecular formula is C17H19ClN2O. The number of hydrogen-bond acceptors (Lipinski definition) is 2. The molecule has 3 nitrogen and oxygen atoms in total. The first-order valence-corrected chi connectivity index (χ1v) is 7.44. The van der Waals surface area contributed by atoms with Gasteiger partial charge in [0.25, 0.3) is 5.91 Å². The van der Waals surface area contributed by atoms with Gasteiger partial charge in [-0.2, -0.15) is 0 Å². The number of amides is 1. The van der Waals surface area contributed by atoms with Crippen molar-refractivity contribution in [1.29, 1.82) is 0 Å². The van der Waals surface area contributed by atoms with Gasteiger partial charge in [0, 0.05) is 35.1 Å².